The van der Waals surface area contributed by atoms with Crippen molar-refractivity contribution in [2.75, 3.05) is 18.4 Å². The third kappa shape index (κ3) is 2.46. The van der Waals surface area contributed by atoms with E-state index in [0.29, 0.717) is 13.1 Å². The lowest BCUT2D eigenvalue weighted by Crippen LogP contribution is -2.36. The van der Waals surface area contributed by atoms with Crippen LogP contribution in [-0.4, -0.2) is 19.0 Å². The maximum Gasteiger partial charge on any atom is 0.251 e. The maximum absolute atomic E-state index is 13.3. The molecule has 1 fully saturated rings. The van der Waals surface area contributed by atoms with Crippen LogP contribution in [-0.2, 0) is 4.79 Å². The highest BCUT2D eigenvalue weighted by Gasteiger charge is 2.23. The van der Waals surface area contributed by atoms with Crippen molar-refractivity contribution >= 4 is 11.6 Å². The minimum absolute atomic E-state index is 0.0848. The molecule has 2 N–H and O–H groups in total. The summed E-state index contributed by atoms with van der Waals surface area (Å²) in [4.78, 5) is 11.7. The average Bonchev–Trinajstić information content (AvgIpc) is 2.29. The van der Waals surface area contributed by atoms with E-state index in [-0.39, 0.29) is 11.6 Å². The number of hydrogen-bond donors (Lipinski definition) is 2. The Labute approximate surface area is 106 Å². The summed E-state index contributed by atoms with van der Waals surface area (Å²) < 4.78 is 52.6. The van der Waals surface area contributed by atoms with E-state index >= 15 is 0 Å². The monoisotopic (exact) mass is 274 g/mol. The highest BCUT2D eigenvalue weighted by atomic mass is 19.2. The topological polar surface area (TPSA) is 41.1 Å². The second-order valence-corrected chi connectivity index (χ2v) is 4.13. The summed E-state index contributed by atoms with van der Waals surface area (Å²) in [6.45, 7) is 2.47. The van der Waals surface area contributed by atoms with E-state index in [1.807, 2.05) is 5.32 Å². The molecule has 0 bridgehead atoms. The smallest absolute Gasteiger partial charge is 0.251 e. The van der Waals surface area contributed by atoms with Crippen LogP contribution in [0, 0.1) is 23.3 Å². The van der Waals surface area contributed by atoms with Gasteiger partial charge < -0.3 is 10.6 Å². The Morgan fingerprint density at radius 2 is 1.68 bits per heavy atom. The highest BCUT2D eigenvalue weighted by molar-refractivity contribution is 6.04. The van der Waals surface area contributed by atoms with Crippen LogP contribution in [0.4, 0.5) is 23.2 Å². The van der Waals surface area contributed by atoms with Crippen molar-refractivity contribution in [2.24, 2.45) is 0 Å². The molecular formula is C12H10F4N2O. The molecule has 2 rings (SSSR count). The molecule has 0 aromatic heterocycles. The summed E-state index contributed by atoms with van der Waals surface area (Å²) in [5, 5.41) is 4.75. The largest absolute Gasteiger partial charge is 0.317 e. The molecule has 0 unspecified atom stereocenters. The van der Waals surface area contributed by atoms with Crippen LogP contribution in [0.25, 0.3) is 0 Å². The molecule has 0 aliphatic carbocycles. The Morgan fingerprint density at radius 3 is 2.11 bits per heavy atom. The molecule has 1 amide bonds. The zero-order chi connectivity index (χ0) is 14.2. The third-order valence-corrected chi connectivity index (χ3v) is 2.90. The van der Waals surface area contributed by atoms with Gasteiger partial charge in [0.25, 0.3) is 5.91 Å². The number of carbonyl (C=O) groups excluding carboxylic acids is 1. The molecule has 1 aromatic carbocycles. The van der Waals surface area contributed by atoms with Gasteiger partial charge in [-0.2, -0.15) is 0 Å². The lowest BCUT2D eigenvalue weighted by molar-refractivity contribution is -0.112. The van der Waals surface area contributed by atoms with Crippen LogP contribution < -0.4 is 10.6 Å². The van der Waals surface area contributed by atoms with Gasteiger partial charge in [-0.1, -0.05) is 0 Å². The van der Waals surface area contributed by atoms with Crippen LogP contribution in [0.15, 0.2) is 17.2 Å². The van der Waals surface area contributed by atoms with Crippen molar-refractivity contribution in [3.05, 3.63) is 40.5 Å². The van der Waals surface area contributed by atoms with Gasteiger partial charge in [0.15, 0.2) is 23.3 Å². The second-order valence-electron chi connectivity index (χ2n) is 4.13. The molecule has 19 heavy (non-hydrogen) atoms. The SMILES string of the molecule is CC(C(=O)Nc1c(F)c(F)cc(F)c1F)=C1CNC1. The van der Waals surface area contributed by atoms with Crippen LogP contribution in [0.3, 0.4) is 0 Å². The van der Waals surface area contributed by atoms with Crippen LogP contribution >= 0.6 is 0 Å². The molecule has 1 aliphatic heterocycles. The van der Waals surface area contributed by atoms with Gasteiger partial charge in [-0.15, -0.1) is 0 Å². The highest BCUT2D eigenvalue weighted by Crippen LogP contribution is 2.25. The Kier molecular flexibility index (Phi) is 3.57. The summed E-state index contributed by atoms with van der Waals surface area (Å²) >= 11 is 0. The van der Waals surface area contributed by atoms with E-state index in [0.717, 1.165) is 5.57 Å². The number of rotatable bonds is 2. The third-order valence-electron chi connectivity index (χ3n) is 2.90. The molecule has 0 saturated carbocycles. The number of nitrogens with one attached hydrogen (secondary N) is 2. The fourth-order valence-corrected chi connectivity index (χ4v) is 1.57. The number of halogens is 4. The van der Waals surface area contributed by atoms with Crippen LogP contribution in [0.1, 0.15) is 6.92 Å². The van der Waals surface area contributed by atoms with Crippen molar-refractivity contribution in [3.8, 4) is 0 Å². The lowest BCUT2D eigenvalue weighted by atomic mass is 10.0. The molecule has 1 heterocycles. The first-order valence-electron chi connectivity index (χ1n) is 5.45. The average molecular weight is 274 g/mol. The Morgan fingerprint density at radius 1 is 1.16 bits per heavy atom. The van der Waals surface area contributed by atoms with Gasteiger partial charge in [-0.25, -0.2) is 17.6 Å². The fraction of sp³-hybridized carbons (Fsp3) is 0.250. The van der Waals surface area contributed by atoms with Crippen molar-refractivity contribution in [2.45, 2.75) is 6.92 Å². The zero-order valence-corrected chi connectivity index (χ0v) is 9.91. The molecule has 1 saturated heterocycles. The Balaban J connectivity index is 2.31. The summed E-state index contributed by atoms with van der Waals surface area (Å²) in [6, 6.07) is 0.0848. The molecule has 1 aliphatic rings. The first kappa shape index (κ1) is 13.5. The van der Waals surface area contributed by atoms with E-state index in [1.165, 1.54) is 6.92 Å². The van der Waals surface area contributed by atoms with Gasteiger partial charge in [-0.05, 0) is 12.5 Å². The minimum atomic E-state index is -1.63. The van der Waals surface area contributed by atoms with Gasteiger partial charge in [0, 0.05) is 24.7 Å². The second kappa shape index (κ2) is 5.00. The lowest BCUT2D eigenvalue weighted by Gasteiger charge is -2.21. The van der Waals surface area contributed by atoms with E-state index < -0.39 is 34.9 Å². The first-order chi connectivity index (χ1) is 8.91. The Hall–Kier alpha value is -1.89. The number of carbonyl (C=O) groups is 1. The molecule has 3 nitrogen and oxygen atoms in total. The van der Waals surface area contributed by atoms with E-state index in [4.69, 9.17) is 0 Å². The van der Waals surface area contributed by atoms with Crippen molar-refractivity contribution < 1.29 is 22.4 Å². The van der Waals surface area contributed by atoms with Crippen LogP contribution in [0.2, 0.25) is 0 Å². The minimum Gasteiger partial charge on any atom is -0.317 e. The fourth-order valence-electron chi connectivity index (χ4n) is 1.57. The van der Waals surface area contributed by atoms with E-state index in [2.05, 4.69) is 5.32 Å². The van der Waals surface area contributed by atoms with Gasteiger partial charge in [0.1, 0.15) is 5.69 Å². The summed E-state index contributed by atoms with van der Waals surface area (Å²) in [5.74, 6) is -7.18. The van der Waals surface area contributed by atoms with Gasteiger partial charge in [-0.3, -0.25) is 4.79 Å². The zero-order valence-electron chi connectivity index (χ0n) is 9.91. The summed E-state index contributed by atoms with van der Waals surface area (Å²) in [7, 11) is 0. The molecule has 102 valence electrons. The predicted octanol–water partition coefficient (Wildman–Crippen LogP) is 2.10. The molecule has 7 heteroatoms. The molecular weight excluding hydrogens is 264 g/mol. The molecule has 0 atom stereocenters. The van der Waals surface area contributed by atoms with Crippen LogP contribution in [0.5, 0.6) is 0 Å². The molecule has 1 aromatic rings. The Bertz CT molecular complexity index is 551. The molecule has 0 spiro atoms. The molecule has 0 radical (unpaired) electrons. The number of hydrogen-bond acceptors (Lipinski definition) is 2. The quantitative estimate of drug-likeness (QED) is 0.492. The number of anilines is 1. The van der Waals surface area contributed by atoms with Gasteiger partial charge in [0.2, 0.25) is 0 Å². The summed E-state index contributed by atoms with van der Waals surface area (Å²) in [5.41, 5.74) is -0.0767. The van der Waals surface area contributed by atoms with E-state index in [9.17, 15) is 22.4 Å². The number of benzene rings is 1. The maximum atomic E-state index is 13.3. The van der Waals surface area contributed by atoms with Gasteiger partial charge >= 0.3 is 0 Å². The number of amides is 1. The van der Waals surface area contributed by atoms with Crippen molar-refractivity contribution in [1.82, 2.24) is 5.32 Å². The standard InChI is InChI=1S/C12H10F4N2O/c1-5(6-3-17-4-6)12(19)18-11-9(15)7(13)2-8(14)10(11)16/h2,17H,3-4H2,1H3,(H,18,19). The normalized spacial score (nSPS) is 14.1. The van der Waals surface area contributed by atoms with Gasteiger partial charge in [0.05, 0.1) is 0 Å². The van der Waals surface area contributed by atoms with Crippen molar-refractivity contribution in [3.63, 3.8) is 0 Å². The predicted molar refractivity (Wildman–Crippen MR) is 60.5 cm³/mol. The van der Waals surface area contributed by atoms with Crippen molar-refractivity contribution in [1.29, 1.82) is 0 Å². The van der Waals surface area contributed by atoms with E-state index in [1.54, 1.807) is 0 Å². The first-order valence-corrected chi connectivity index (χ1v) is 5.45. The summed E-state index contributed by atoms with van der Waals surface area (Å²) in [6.07, 6.45) is 0.